The van der Waals surface area contributed by atoms with Crippen LogP contribution in [0.2, 0.25) is 5.02 Å². The summed E-state index contributed by atoms with van der Waals surface area (Å²) >= 11 is 6.30. The number of aromatic nitrogens is 2. The highest BCUT2D eigenvalue weighted by atomic mass is 35.5. The molecule has 0 fully saturated rings. The summed E-state index contributed by atoms with van der Waals surface area (Å²) in [5.41, 5.74) is 2.98. The monoisotopic (exact) mass is 292 g/mol. The Morgan fingerprint density at radius 2 is 1.90 bits per heavy atom. The first-order chi connectivity index (χ1) is 9.45. The Morgan fingerprint density at radius 1 is 1.30 bits per heavy atom. The van der Waals surface area contributed by atoms with Gasteiger partial charge in [-0.2, -0.15) is 5.10 Å². The second kappa shape index (κ2) is 5.67. The van der Waals surface area contributed by atoms with Crippen molar-refractivity contribution in [3.05, 3.63) is 46.2 Å². The van der Waals surface area contributed by atoms with Crippen molar-refractivity contribution in [1.29, 1.82) is 0 Å². The smallest absolute Gasteiger partial charge is 0.360 e. The molecule has 1 aromatic carbocycles. The van der Waals surface area contributed by atoms with Crippen LogP contribution in [0.15, 0.2) is 24.3 Å². The van der Waals surface area contributed by atoms with E-state index in [9.17, 15) is 4.79 Å². The van der Waals surface area contributed by atoms with Gasteiger partial charge in [0.2, 0.25) is 0 Å². The lowest BCUT2D eigenvalue weighted by atomic mass is 10.1. The van der Waals surface area contributed by atoms with Crippen molar-refractivity contribution in [2.24, 2.45) is 0 Å². The Bertz CT molecular complexity index is 630. The van der Waals surface area contributed by atoms with Crippen LogP contribution in [0.5, 0.6) is 0 Å². The van der Waals surface area contributed by atoms with E-state index in [0.29, 0.717) is 5.02 Å². The van der Waals surface area contributed by atoms with Gasteiger partial charge < -0.3 is 4.74 Å². The van der Waals surface area contributed by atoms with Gasteiger partial charge in [0.15, 0.2) is 5.69 Å². The molecule has 1 heterocycles. The molecule has 0 aliphatic heterocycles. The molecule has 0 amide bonds. The molecule has 1 aromatic heterocycles. The van der Waals surface area contributed by atoms with E-state index >= 15 is 0 Å². The second-order valence-electron chi connectivity index (χ2n) is 4.94. The normalized spacial score (nSPS) is 10.9. The fourth-order valence-corrected chi connectivity index (χ4v) is 2.43. The summed E-state index contributed by atoms with van der Waals surface area (Å²) in [5.74, 6) is -0.391. The van der Waals surface area contributed by atoms with Gasteiger partial charge in [-0.15, -0.1) is 0 Å². The number of hydrogen-bond donors (Lipinski definition) is 0. The first-order valence-corrected chi connectivity index (χ1v) is 6.77. The average molecular weight is 293 g/mol. The van der Waals surface area contributed by atoms with Gasteiger partial charge >= 0.3 is 5.97 Å². The third kappa shape index (κ3) is 2.56. The summed E-state index contributed by atoms with van der Waals surface area (Å²) in [4.78, 5) is 11.7. The highest BCUT2D eigenvalue weighted by Crippen LogP contribution is 2.30. The van der Waals surface area contributed by atoms with Crippen molar-refractivity contribution in [2.75, 3.05) is 7.11 Å². The molecule has 0 spiro atoms. The van der Waals surface area contributed by atoms with Gasteiger partial charge in [-0.25, -0.2) is 9.48 Å². The standard InChI is InChI=1S/C15H17ClN2O2/c1-9(2)14-12(16)13(15(19)20-4)17-18(14)11-7-5-10(3)6-8-11/h5-9H,1-4H3. The van der Waals surface area contributed by atoms with Crippen LogP contribution in [0.4, 0.5) is 0 Å². The van der Waals surface area contributed by atoms with E-state index in [1.807, 2.05) is 45.0 Å². The van der Waals surface area contributed by atoms with Gasteiger partial charge in [-0.1, -0.05) is 43.1 Å². The molecule has 2 aromatic rings. The van der Waals surface area contributed by atoms with E-state index in [4.69, 9.17) is 16.3 Å². The van der Waals surface area contributed by atoms with Crippen LogP contribution >= 0.6 is 11.6 Å². The number of nitrogens with zero attached hydrogens (tertiary/aromatic N) is 2. The highest BCUT2D eigenvalue weighted by Gasteiger charge is 2.24. The third-order valence-corrected chi connectivity index (χ3v) is 3.44. The maximum absolute atomic E-state index is 11.7. The van der Waals surface area contributed by atoms with Gasteiger partial charge in [0.05, 0.1) is 23.5 Å². The Hall–Kier alpha value is -1.81. The molecule has 0 saturated carbocycles. The van der Waals surface area contributed by atoms with E-state index in [1.54, 1.807) is 4.68 Å². The Labute approximate surface area is 123 Å². The maximum atomic E-state index is 11.7. The van der Waals surface area contributed by atoms with Crippen LogP contribution in [-0.4, -0.2) is 22.9 Å². The summed E-state index contributed by atoms with van der Waals surface area (Å²) in [6.45, 7) is 6.03. The molecular formula is C15H17ClN2O2. The van der Waals surface area contributed by atoms with E-state index in [0.717, 1.165) is 16.9 Å². The largest absolute Gasteiger partial charge is 0.464 e. The maximum Gasteiger partial charge on any atom is 0.360 e. The molecule has 0 atom stereocenters. The summed E-state index contributed by atoms with van der Waals surface area (Å²) in [5, 5.41) is 4.67. The van der Waals surface area contributed by atoms with Gasteiger partial charge in [0, 0.05) is 0 Å². The molecule has 0 N–H and O–H groups in total. The molecule has 5 heteroatoms. The lowest BCUT2D eigenvalue weighted by Crippen LogP contribution is -2.05. The molecular weight excluding hydrogens is 276 g/mol. The number of carbonyl (C=O) groups is 1. The molecule has 0 aliphatic carbocycles. The number of benzene rings is 1. The van der Waals surface area contributed by atoms with Crippen molar-refractivity contribution >= 4 is 17.6 Å². The minimum absolute atomic E-state index is 0.134. The van der Waals surface area contributed by atoms with E-state index in [-0.39, 0.29) is 11.6 Å². The zero-order valence-electron chi connectivity index (χ0n) is 12.0. The zero-order valence-corrected chi connectivity index (χ0v) is 12.7. The number of hydrogen-bond acceptors (Lipinski definition) is 3. The summed E-state index contributed by atoms with van der Waals surface area (Å²) < 4.78 is 6.43. The van der Waals surface area contributed by atoms with Gasteiger partial charge in [0.25, 0.3) is 0 Å². The molecule has 0 saturated heterocycles. The van der Waals surface area contributed by atoms with Crippen molar-refractivity contribution in [3.63, 3.8) is 0 Å². The number of carbonyl (C=O) groups excluding carboxylic acids is 1. The molecule has 0 radical (unpaired) electrons. The second-order valence-corrected chi connectivity index (χ2v) is 5.32. The molecule has 2 rings (SSSR count). The fourth-order valence-electron chi connectivity index (χ4n) is 2.02. The predicted octanol–water partition coefficient (Wildman–Crippen LogP) is 3.74. The third-order valence-electron chi connectivity index (χ3n) is 3.07. The Balaban J connectivity index is 2.62. The van der Waals surface area contributed by atoms with Crippen LogP contribution in [0, 0.1) is 6.92 Å². The van der Waals surface area contributed by atoms with Crippen LogP contribution in [0.1, 0.15) is 41.5 Å². The number of methoxy groups -OCH3 is 1. The van der Waals surface area contributed by atoms with Crippen molar-refractivity contribution < 1.29 is 9.53 Å². The highest BCUT2D eigenvalue weighted by molar-refractivity contribution is 6.34. The van der Waals surface area contributed by atoms with Crippen molar-refractivity contribution in [2.45, 2.75) is 26.7 Å². The van der Waals surface area contributed by atoms with Gasteiger partial charge in [-0.05, 0) is 25.0 Å². The first kappa shape index (κ1) is 14.6. The SMILES string of the molecule is COC(=O)c1nn(-c2ccc(C)cc2)c(C(C)C)c1Cl. The van der Waals surface area contributed by atoms with E-state index in [1.165, 1.54) is 7.11 Å². The summed E-state index contributed by atoms with van der Waals surface area (Å²) in [6.07, 6.45) is 0. The number of halogens is 1. The minimum Gasteiger partial charge on any atom is -0.464 e. The lowest BCUT2D eigenvalue weighted by Gasteiger charge is -2.10. The molecule has 0 aliphatic rings. The molecule has 106 valence electrons. The topological polar surface area (TPSA) is 44.1 Å². The number of aryl methyl sites for hydroxylation is 1. The number of esters is 1. The van der Waals surface area contributed by atoms with Crippen LogP contribution in [0.3, 0.4) is 0 Å². The van der Waals surface area contributed by atoms with Crippen molar-refractivity contribution in [1.82, 2.24) is 9.78 Å². The molecule has 4 nitrogen and oxygen atoms in total. The van der Waals surface area contributed by atoms with Crippen LogP contribution in [-0.2, 0) is 4.74 Å². The lowest BCUT2D eigenvalue weighted by molar-refractivity contribution is 0.0593. The van der Waals surface area contributed by atoms with E-state index < -0.39 is 5.97 Å². The molecule has 0 bridgehead atoms. The van der Waals surface area contributed by atoms with Crippen LogP contribution < -0.4 is 0 Å². The minimum atomic E-state index is -0.525. The quantitative estimate of drug-likeness (QED) is 0.809. The number of rotatable bonds is 3. The number of ether oxygens (including phenoxy) is 1. The Kier molecular flexibility index (Phi) is 4.14. The van der Waals surface area contributed by atoms with Crippen molar-refractivity contribution in [3.8, 4) is 5.69 Å². The van der Waals surface area contributed by atoms with E-state index in [2.05, 4.69) is 5.10 Å². The van der Waals surface area contributed by atoms with Gasteiger partial charge in [0.1, 0.15) is 0 Å². The molecule has 20 heavy (non-hydrogen) atoms. The van der Waals surface area contributed by atoms with Gasteiger partial charge in [-0.3, -0.25) is 0 Å². The summed E-state index contributed by atoms with van der Waals surface area (Å²) in [6, 6.07) is 7.89. The zero-order chi connectivity index (χ0) is 14.9. The average Bonchev–Trinajstić information content (AvgIpc) is 2.76. The molecule has 0 unspecified atom stereocenters. The summed E-state index contributed by atoms with van der Waals surface area (Å²) in [7, 11) is 1.32. The first-order valence-electron chi connectivity index (χ1n) is 6.39. The fraction of sp³-hybridized carbons (Fsp3) is 0.333. The predicted molar refractivity (Wildman–Crippen MR) is 78.7 cm³/mol. The van der Waals surface area contributed by atoms with Crippen LogP contribution in [0.25, 0.3) is 5.69 Å². The Morgan fingerprint density at radius 3 is 2.40 bits per heavy atom.